The summed E-state index contributed by atoms with van der Waals surface area (Å²) >= 11 is 3.63. The summed E-state index contributed by atoms with van der Waals surface area (Å²) in [5.74, 6) is 0. The first kappa shape index (κ1) is 10.3. The van der Waals surface area contributed by atoms with Crippen LogP contribution in [0.1, 0.15) is 18.2 Å². The van der Waals surface area contributed by atoms with Gasteiger partial charge in [0.1, 0.15) is 0 Å². The van der Waals surface area contributed by atoms with Gasteiger partial charge < -0.3 is 5.32 Å². The second-order valence-electron chi connectivity index (χ2n) is 4.31. The van der Waals surface area contributed by atoms with Gasteiger partial charge in [0, 0.05) is 16.4 Å². The van der Waals surface area contributed by atoms with E-state index in [4.69, 9.17) is 0 Å². The molecule has 1 fully saturated rings. The number of benzene rings is 1. The molecule has 3 rings (SSSR count). The molecule has 0 radical (unpaired) electrons. The monoisotopic (exact) mass is 279 g/mol. The molecule has 1 unspecified atom stereocenters. The van der Waals surface area contributed by atoms with Crippen LogP contribution in [-0.4, -0.2) is 22.9 Å². The van der Waals surface area contributed by atoms with Gasteiger partial charge in [0.15, 0.2) is 0 Å². The molecular weight excluding hydrogens is 266 g/mol. The van der Waals surface area contributed by atoms with E-state index in [1.165, 1.54) is 10.9 Å². The maximum absolute atomic E-state index is 4.68. The molecule has 0 bridgehead atoms. The van der Waals surface area contributed by atoms with Crippen LogP contribution in [0.5, 0.6) is 0 Å². The molecular formula is C12H14BrN3. The standard InChI is InChI=1S/C12H14BrN3/c1-8-10-3-2-4-11(13)12(10)16(15-8)9-5-6-14-7-9/h2-4,9,14H,5-7H2,1H3. The van der Waals surface area contributed by atoms with Crippen LogP contribution in [0.2, 0.25) is 0 Å². The Morgan fingerprint density at radius 1 is 1.50 bits per heavy atom. The number of aryl methyl sites for hydroxylation is 1. The zero-order valence-corrected chi connectivity index (χ0v) is 10.8. The molecule has 1 aliphatic rings. The highest BCUT2D eigenvalue weighted by Gasteiger charge is 2.21. The van der Waals surface area contributed by atoms with Crippen LogP contribution in [0.15, 0.2) is 22.7 Å². The molecule has 1 saturated heterocycles. The Morgan fingerprint density at radius 3 is 3.12 bits per heavy atom. The molecule has 2 heterocycles. The lowest BCUT2D eigenvalue weighted by Gasteiger charge is -2.11. The lowest BCUT2D eigenvalue weighted by molar-refractivity contribution is 0.503. The Bertz CT molecular complexity index is 526. The number of hydrogen-bond donors (Lipinski definition) is 1. The molecule has 0 spiro atoms. The SMILES string of the molecule is Cc1nn(C2CCNC2)c2c(Br)cccc12. The number of nitrogens with one attached hydrogen (secondary N) is 1. The number of para-hydroxylation sites is 1. The Morgan fingerprint density at radius 2 is 2.38 bits per heavy atom. The van der Waals surface area contributed by atoms with Crippen LogP contribution < -0.4 is 5.32 Å². The van der Waals surface area contributed by atoms with Crippen molar-refractivity contribution in [3.63, 3.8) is 0 Å². The van der Waals surface area contributed by atoms with Crippen molar-refractivity contribution in [3.8, 4) is 0 Å². The maximum Gasteiger partial charge on any atom is 0.0831 e. The highest BCUT2D eigenvalue weighted by Crippen LogP contribution is 2.29. The summed E-state index contributed by atoms with van der Waals surface area (Å²) in [6, 6.07) is 6.79. The van der Waals surface area contributed by atoms with E-state index >= 15 is 0 Å². The van der Waals surface area contributed by atoms with Gasteiger partial charge in [-0.1, -0.05) is 12.1 Å². The van der Waals surface area contributed by atoms with E-state index in [9.17, 15) is 0 Å². The zero-order chi connectivity index (χ0) is 11.1. The number of hydrogen-bond acceptors (Lipinski definition) is 2. The predicted octanol–water partition coefficient (Wildman–Crippen LogP) is 2.64. The van der Waals surface area contributed by atoms with Crippen LogP contribution in [0, 0.1) is 6.92 Å². The molecule has 16 heavy (non-hydrogen) atoms. The molecule has 0 amide bonds. The number of aromatic nitrogens is 2. The van der Waals surface area contributed by atoms with Gasteiger partial charge in [-0.3, -0.25) is 4.68 Å². The summed E-state index contributed by atoms with van der Waals surface area (Å²) in [7, 11) is 0. The minimum Gasteiger partial charge on any atom is -0.315 e. The van der Waals surface area contributed by atoms with Crippen molar-refractivity contribution in [2.75, 3.05) is 13.1 Å². The molecule has 3 nitrogen and oxygen atoms in total. The molecule has 1 N–H and O–H groups in total. The highest BCUT2D eigenvalue weighted by atomic mass is 79.9. The summed E-state index contributed by atoms with van der Waals surface area (Å²) in [4.78, 5) is 0. The van der Waals surface area contributed by atoms with Crippen molar-refractivity contribution >= 4 is 26.8 Å². The average molecular weight is 280 g/mol. The molecule has 1 aliphatic heterocycles. The molecule has 0 saturated carbocycles. The van der Waals surface area contributed by atoms with E-state index in [1.54, 1.807) is 0 Å². The minimum atomic E-state index is 0.495. The molecule has 1 atom stereocenters. The van der Waals surface area contributed by atoms with Crippen molar-refractivity contribution in [1.29, 1.82) is 0 Å². The number of fused-ring (bicyclic) bond motifs is 1. The van der Waals surface area contributed by atoms with Gasteiger partial charge in [0.2, 0.25) is 0 Å². The van der Waals surface area contributed by atoms with Crippen molar-refractivity contribution in [1.82, 2.24) is 15.1 Å². The van der Waals surface area contributed by atoms with Crippen molar-refractivity contribution in [2.24, 2.45) is 0 Å². The van der Waals surface area contributed by atoms with Crippen LogP contribution >= 0.6 is 15.9 Å². The predicted molar refractivity (Wildman–Crippen MR) is 68.7 cm³/mol. The van der Waals surface area contributed by atoms with E-state index in [-0.39, 0.29) is 0 Å². The summed E-state index contributed by atoms with van der Waals surface area (Å²) in [6.07, 6.45) is 1.16. The first-order chi connectivity index (χ1) is 7.77. The van der Waals surface area contributed by atoms with Crippen LogP contribution in [-0.2, 0) is 0 Å². The lowest BCUT2D eigenvalue weighted by atomic mass is 10.2. The van der Waals surface area contributed by atoms with Gasteiger partial charge in [0.25, 0.3) is 0 Å². The van der Waals surface area contributed by atoms with E-state index < -0.39 is 0 Å². The third-order valence-electron chi connectivity index (χ3n) is 3.24. The molecule has 4 heteroatoms. The van der Waals surface area contributed by atoms with Gasteiger partial charge in [-0.2, -0.15) is 5.10 Å². The van der Waals surface area contributed by atoms with E-state index in [1.807, 2.05) is 0 Å². The summed E-state index contributed by atoms with van der Waals surface area (Å²) in [5.41, 5.74) is 2.34. The average Bonchev–Trinajstić information content (AvgIpc) is 2.87. The Kier molecular flexibility index (Phi) is 2.48. The van der Waals surface area contributed by atoms with Crippen molar-refractivity contribution < 1.29 is 0 Å². The fourth-order valence-electron chi connectivity index (χ4n) is 2.42. The van der Waals surface area contributed by atoms with Gasteiger partial charge in [-0.05, 0) is 41.9 Å². The second-order valence-corrected chi connectivity index (χ2v) is 5.17. The zero-order valence-electron chi connectivity index (χ0n) is 9.20. The second kappa shape index (κ2) is 3.86. The Labute approximate surface area is 103 Å². The molecule has 1 aromatic heterocycles. The van der Waals surface area contributed by atoms with E-state index in [0.717, 1.165) is 29.7 Å². The first-order valence-corrected chi connectivity index (χ1v) is 6.41. The summed E-state index contributed by atoms with van der Waals surface area (Å²) in [5, 5.41) is 9.32. The van der Waals surface area contributed by atoms with Gasteiger partial charge >= 0.3 is 0 Å². The largest absolute Gasteiger partial charge is 0.315 e. The van der Waals surface area contributed by atoms with Crippen LogP contribution in [0.25, 0.3) is 10.9 Å². The summed E-state index contributed by atoms with van der Waals surface area (Å²) < 4.78 is 3.31. The van der Waals surface area contributed by atoms with Crippen LogP contribution in [0.4, 0.5) is 0 Å². The van der Waals surface area contributed by atoms with E-state index in [2.05, 4.69) is 56.2 Å². The van der Waals surface area contributed by atoms with Gasteiger partial charge in [0.05, 0.1) is 17.3 Å². The number of rotatable bonds is 1. The number of nitrogens with zero attached hydrogens (tertiary/aromatic N) is 2. The van der Waals surface area contributed by atoms with Crippen molar-refractivity contribution in [2.45, 2.75) is 19.4 Å². The van der Waals surface area contributed by atoms with Gasteiger partial charge in [-0.25, -0.2) is 0 Å². The van der Waals surface area contributed by atoms with Crippen LogP contribution in [0.3, 0.4) is 0 Å². The van der Waals surface area contributed by atoms with Crippen molar-refractivity contribution in [3.05, 3.63) is 28.4 Å². The highest BCUT2D eigenvalue weighted by molar-refractivity contribution is 9.10. The molecule has 1 aromatic carbocycles. The molecule has 0 aliphatic carbocycles. The third kappa shape index (κ3) is 1.48. The topological polar surface area (TPSA) is 29.9 Å². The Balaban J connectivity index is 2.24. The van der Waals surface area contributed by atoms with Gasteiger partial charge in [-0.15, -0.1) is 0 Å². The Hall–Kier alpha value is -0.870. The quantitative estimate of drug-likeness (QED) is 0.870. The first-order valence-electron chi connectivity index (χ1n) is 5.61. The summed E-state index contributed by atoms with van der Waals surface area (Å²) in [6.45, 7) is 4.20. The fourth-order valence-corrected chi connectivity index (χ4v) is 2.97. The minimum absolute atomic E-state index is 0.495. The normalized spacial score (nSPS) is 20.8. The molecule has 84 valence electrons. The van der Waals surface area contributed by atoms with E-state index in [0.29, 0.717) is 6.04 Å². The smallest absolute Gasteiger partial charge is 0.0831 e. The fraction of sp³-hybridized carbons (Fsp3) is 0.417. The molecule has 2 aromatic rings. The third-order valence-corrected chi connectivity index (χ3v) is 3.88. The lowest BCUT2D eigenvalue weighted by Crippen LogP contribution is -2.14. The number of halogens is 1. The maximum atomic E-state index is 4.68.